The molecule has 174 valence electrons. The largest absolute Gasteiger partial charge is 0.370 e. The molecule has 0 aromatic carbocycles. The van der Waals surface area contributed by atoms with E-state index in [0.29, 0.717) is 6.42 Å². The van der Waals surface area contributed by atoms with Gasteiger partial charge in [0.2, 0.25) is 5.08 Å². The minimum Gasteiger partial charge on any atom is -0.353 e. The molecule has 0 radical (unpaired) electrons. The van der Waals surface area contributed by atoms with Crippen LogP contribution in [0.3, 0.4) is 0 Å². The molecule has 0 aliphatic heterocycles. The molecular weight excluding hydrogens is 426 g/mol. The third-order valence-electron chi connectivity index (χ3n) is 4.90. The zero-order valence-electron chi connectivity index (χ0n) is 18.9. The minimum atomic E-state index is -4.21. The fraction of sp³-hybridized carbons (Fsp3) is 0.905. The number of hydrogen-bond donors (Lipinski definition) is 1. The van der Waals surface area contributed by atoms with E-state index in [9.17, 15) is 14.0 Å². The number of rotatable bonds is 20. The van der Waals surface area contributed by atoms with Crippen LogP contribution < -0.4 is 0 Å². The van der Waals surface area contributed by atoms with Gasteiger partial charge in [0.15, 0.2) is 0 Å². The molecule has 0 aromatic heterocycles. The van der Waals surface area contributed by atoms with Crippen molar-refractivity contribution in [2.24, 2.45) is 0 Å². The zero-order chi connectivity index (χ0) is 22.0. The van der Waals surface area contributed by atoms with Crippen LogP contribution in [-0.4, -0.2) is 28.4 Å². The van der Waals surface area contributed by atoms with E-state index in [4.69, 9.17) is 9.26 Å². The van der Waals surface area contributed by atoms with Crippen LogP contribution in [0.2, 0.25) is 0 Å². The summed E-state index contributed by atoms with van der Waals surface area (Å²) in [5, 5.41) is 0.0209. The van der Waals surface area contributed by atoms with Gasteiger partial charge < -0.3 is 18.7 Å². The summed E-state index contributed by atoms with van der Waals surface area (Å²) >= 11 is 1.57. The molecule has 29 heavy (non-hydrogen) atoms. The summed E-state index contributed by atoms with van der Waals surface area (Å²) in [5.41, 5.74) is 0. The highest BCUT2D eigenvalue weighted by atomic mass is 32.2. The number of thioether (sulfide) groups is 1. The van der Waals surface area contributed by atoms with Crippen LogP contribution in [0.1, 0.15) is 98.3 Å². The van der Waals surface area contributed by atoms with Crippen molar-refractivity contribution >= 4 is 27.8 Å². The minimum absolute atomic E-state index is 0.192. The molecule has 4 atom stereocenters. The molecule has 4 unspecified atom stereocenters. The molecule has 0 aromatic rings. The Morgan fingerprint density at radius 3 is 2.07 bits per heavy atom. The van der Waals surface area contributed by atoms with Gasteiger partial charge in [-0.3, -0.25) is 4.57 Å². The predicted octanol–water partition coefficient (Wildman–Crippen LogP) is 7.60. The Hall–Kier alpha value is 0.430. The first-order valence-corrected chi connectivity index (χ1v) is 15.0. The molecule has 0 aliphatic carbocycles. The van der Waals surface area contributed by atoms with Gasteiger partial charge in [-0.25, -0.2) is 0 Å². The summed E-state index contributed by atoms with van der Waals surface area (Å²) in [6, 6.07) is 0. The monoisotopic (exact) mass is 470 g/mol. The molecule has 8 heteroatoms. The SMILES string of the molecule is CCCCCCCCCCCCSC=CC(OCC)([PH2]=O)P(=O)(O)OC(C)CC. The van der Waals surface area contributed by atoms with Gasteiger partial charge in [-0.15, -0.1) is 11.8 Å². The highest BCUT2D eigenvalue weighted by Gasteiger charge is 2.48. The van der Waals surface area contributed by atoms with Crippen LogP contribution in [0.25, 0.3) is 0 Å². The van der Waals surface area contributed by atoms with Gasteiger partial charge in [-0.1, -0.05) is 71.6 Å². The van der Waals surface area contributed by atoms with Crippen molar-refractivity contribution in [2.45, 2.75) is 110 Å². The zero-order valence-corrected chi connectivity index (χ0v) is 21.8. The van der Waals surface area contributed by atoms with Crippen molar-refractivity contribution < 1.29 is 23.3 Å². The molecule has 0 rings (SSSR count). The maximum absolute atomic E-state index is 12.7. The molecule has 0 saturated carbocycles. The molecule has 0 heterocycles. The van der Waals surface area contributed by atoms with Gasteiger partial charge in [-0.2, -0.15) is 0 Å². The van der Waals surface area contributed by atoms with Crippen LogP contribution in [-0.2, 0) is 18.4 Å². The normalized spacial score (nSPS) is 17.7. The van der Waals surface area contributed by atoms with Crippen molar-refractivity contribution in [3.8, 4) is 0 Å². The van der Waals surface area contributed by atoms with E-state index in [0.717, 1.165) is 12.2 Å². The standard InChI is InChI=1S/C21H44O5P2S/c1-5-8-9-10-11-12-13-14-15-16-18-29-19-17-21(27-22,25-7-3)28(23,24)26-20(4)6-2/h17,19-20H,5-16,18,27H2,1-4H3,(H,23,24). The Labute approximate surface area is 184 Å². The molecular formula is C21H44O5P2S. The summed E-state index contributed by atoms with van der Waals surface area (Å²) in [6.45, 7) is 7.75. The highest BCUT2D eigenvalue weighted by Crippen LogP contribution is 2.63. The Balaban J connectivity index is 4.26. The van der Waals surface area contributed by atoms with Crippen molar-refractivity contribution in [1.82, 2.24) is 0 Å². The van der Waals surface area contributed by atoms with E-state index < -0.39 is 27.2 Å². The first-order valence-electron chi connectivity index (χ1n) is 11.3. The molecule has 0 aliphatic rings. The lowest BCUT2D eigenvalue weighted by Crippen LogP contribution is -2.26. The van der Waals surface area contributed by atoms with Gasteiger partial charge in [0.25, 0.3) is 0 Å². The predicted molar refractivity (Wildman–Crippen MR) is 129 cm³/mol. The summed E-state index contributed by atoms with van der Waals surface area (Å²) in [7, 11) is -5.87. The molecule has 0 spiro atoms. The number of ether oxygens (including phenoxy) is 1. The average molecular weight is 471 g/mol. The Morgan fingerprint density at radius 2 is 1.59 bits per heavy atom. The molecule has 0 bridgehead atoms. The Kier molecular flexibility index (Phi) is 18.3. The highest BCUT2D eigenvalue weighted by molar-refractivity contribution is 8.02. The maximum atomic E-state index is 12.7. The molecule has 5 nitrogen and oxygen atoms in total. The lowest BCUT2D eigenvalue weighted by molar-refractivity contribution is 0.0776. The Bertz CT molecular complexity index is 490. The van der Waals surface area contributed by atoms with E-state index >= 15 is 0 Å². The maximum Gasteiger partial charge on any atom is 0.370 e. The second-order valence-corrected chi connectivity index (χ2v) is 12.0. The van der Waals surface area contributed by atoms with Crippen LogP contribution in [0.15, 0.2) is 11.5 Å². The summed E-state index contributed by atoms with van der Waals surface area (Å²) in [6.07, 6.45) is 14.6. The third kappa shape index (κ3) is 12.8. The molecule has 1 N–H and O–H groups in total. The van der Waals surface area contributed by atoms with Crippen molar-refractivity contribution in [3.63, 3.8) is 0 Å². The number of unbranched alkanes of at least 4 members (excludes halogenated alkanes) is 9. The van der Waals surface area contributed by atoms with Crippen LogP contribution >= 0.6 is 27.8 Å². The Morgan fingerprint density at radius 1 is 1.03 bits per heavy atom. The molecule has 0 saturated heterocycles. The quantitative estimate of drug-likeness (QED) is 0.146. The van der Waals surface area contributed by atoms with Gasteiger partial charge in [0.1, 0.15) is 8.46 Å². The van der Waals surface area contributed by atoms with Crippen molar-refractivity contribution in [3.05, 3.63) is 11.5 Å². The van der Waals surface area contributed by atoms with Gasteiger partial charge in [0.05, 0.1) is 6.10 Å². The summed E-state index contributed by atoms with van der Waals surface area (Å²) < 4.78 is 35.4. The smallest absolute Gasteiger partial charge is 0.353 e. The van der Waals surface area contributed by atoms with E-state index in [2.05, 4.69) is 6.92 Å². The second-order valence-electron chi connectivity index (χ2n) is 7.50. The van der Waals surface area contributed by atoms with E-state index in [1.807, 2.05) is 6.92 Å². The van der Waals surface area contributed by atoms with Crippen LogP contribution in [0, 0.1) is 0 Å². The topological polar surface area (TPSA) is 72.8 Å². The van der Waals surface area contributed by atoms with E-state index in [1.54, 1.807) is 31.0 Å². The fourth-order valence-corrected chi connectivity index (χ4v) is 6.41. The third-order valence-corrected chi connectivity index (χ3v) is 9.55. The number of hydrogen-bond acceptors (Lipinski definition) is 5. The summed E-state index contributed by atoms with van der Waals surface area (Å²) in [5.74, 6) is 0.936. The molecule has 0 amide bonds. The first kappa shape index (κ1) is 29.4. The molecule has 0 fully saturated rings. The average Bonchev–Trinajstić information content (AvgIpc) is 2.70. The van der Waals surface area contributed by atoms with Crippen molar-refractivity contribution in [1.29, 1.82) is 0 Å². The first-order chi connectivity index (χ1) is 13.9. The van der Waals surface area contributed by atoms with Crippen molar-refractivity contribution in [2.75, 3.05) is 12.4 Å². The lowest BCUT2D eigenvalue weighted by Gasteiger charge is -2.30. The summed E-state index contributed by atoms with van der Waals surface area (Å²) in [4.78, 5) is 10.4. The lowest BCUT2D eigenvalue weighted by atomic mass is 10.1. The van der Waals surface area contributed by atoms with E-state index in [1.165, 1.54) is 63.9 Å². The van der Waals surface area contributed by atoms with Crippen LogP contribution in [0.5, 0.6) is 0 Å². The van der Waals surface area contributed by atoms with E-state index in [-0.39, 0.29) is 6.61 Å². The van der Waals surface area contributed by atoms with Crippen LogP contribution in [0.4, 0.5) is 0 Å². The fourth-order valence-electron chi connectivity index (χ4n) is 2.88. The van der Waals surface area contributed by atoms with Gasteiger partial charge in [-0.05, 0) is 43.9 Å². The second kappa shape index (κ2) is 18.0. The van der Waals surface area contributed by atoms with Gasteiger partial charge >= 0.3 is 7.60 Å². The van der Waals surface area contributed by atoms with Gasteiger partial charge in [0, 0.05) is 6.61 Å².